The summed E-state index contributed by atoms with van der Waals surface area (Å²) in [6.45, 7) is 0.445. The molecule has 0 aliphatic rings. The molecule has 0 aliphatic heterocycles. The lowest BCUT2D eigenvalue weighted by molar-refractivity contribution is -0.126. The standard InChI is InChI=1S/C20H24N2O5/c1-25-15-6-4-14(5-7-15)10-11-21-19(23)13-20(24)22-17-12-16(26-2)8-9-18(17)27-3/h4-9,12H,10-11,13H2,1-3H3,(H,21,23)(H,22,24). The van der Waals surface area contributed by atoms with Crippen LogP contribution in [0.5, 0.6) is 17.2 Å². The van der Waals surface area contributed by atoms with Crippen LogP contribution in [0.25, 0.3) is 0 Å². The molecule has 144 valence electrons. The van der Waals surface area contributed by atoms with E-state index in [0.717, 1.165) is 11.3 Å². The maximum absolute atomic E-state index is 12.1. The summed E-state index contributed by atoms with van der Waals surface area (Å²) in [5.41, 5.74) is 1.52. The molecule has 0 spiro atoms. The fourth-order valence-electron chi connectivity index (χ4n) is 2.45. The monoisotopic (exact) mass is 372 g/mol. The van der Waals surface area contributed by atoms with Crippen molar-refractivity contribution in [3.8, 4) is 17.2 Å². The second-order valence-electron chi connectivity index (χ2n) is 5.74. The van der Waals surface area contributed by atoms with Gasteiger partial charge in [-0.2, -0.15) is 0 Å². The SMILES string of the molecule is COc1ccc(CCNC(=O)CC(=O)Nc2cc(OC)ccc2OC)cc1. The fourth-order valence-corrected chi connectivity index (χ4v) is 2.45. The highest BCUT2D eigenvalue weighted by molar-refractivity contribution is 6.04. The summed E-state index contributed by atoms with van der Waals surface area (Å²) in [5, 5.41) is 5.41. The van der Waals surface area contributed by atoms with Crippen LogP contribution < -0.4 is 24.8 Å². The summed E-state index contributed by atoms with van der Waals surface area (Å²) in [7, 11) is 4.65. The molecule has 7 heteroatoms. The van der Waals surface area contributed by atoms with Crippen LogP contribution in [0.15, 0.2) is 42.5 Å². The predicted octanol–water partition coefficient (Wildman–Crippen LogP) is 2.40. The third kappa shape index (κ3) is 6.22. The quantitative estimate of drug-likeness (QED) is 0.660. The van der Waals surface area contributed by atoms with Crippen molar-refractivity contribution in [2.45, 2.75) is 12.8 Å². The van der Waals surface area contributed by atoms with Crippen LogP contribution in [0.1, 0.15) is 12.0 Å². The molecule has 0 aromatic heterocycles. The van der Waals surface area contributed by atoms with Crippen molar-refractivity contribution in [3.63, 3.8) is 0 Å². The van der Waals surface area contributed by atoms with Gasteiger partial charge in [-0.05, 0) is 36.2 Å². The van der Waals surface area contributed by atoms with Gasteiger partial charge in [0.25, 0.3) is 0 Å². The van der Waals surface area contributed by atoms with E-state index in [1.165, 1.54) is 14.2 Å². The number of amides is 2. The van der Waals surface area contributed by atoms with Gasteiger partial charge in [0.05, 0.1) is 27.0 Å². The van der Waals surface area contributed by atoms with Gasteiger partial charge in [0.15, 0.2) is 0 Å². The molecule has 27 heavy (non-hydrogen) atoms. The number of anilines is 1. The Morgan fingerprint density at radius 3 is 2.15 bits per heavy atom. The average molecular weight is 372 g/mol. The number of benzene rings is 2. The van der Waals surface area contributed by atoms with Gasteiger partial charge in [-0.3, -0.25) is 9.59 Å². The third-order valence-corrected chi connectivity index (χ3v) is 3.90. The second kappa shape index (κ2) is 10.1. The predicted molar refractivity (Wildman–Crippen MR) is 103 cm³/mol. The van der Waals surface area contributed by atoms with E-state index in [0.29, 0.717) is 30.2 Å². The highest BCUT2D eigenvalue weighted by Gasteiger charge is 2.13. The van der Waals surface area contributed by atoms with Crippen molar-refractivity contribution in [1.29, 1.82) is 0 Å². The van der Waals surface area contributed by atoms with Gasteiger partial charge < -0.3 is 24.8 Å². The number of hydrogen-bond acceptors (Lipinski definition) is 5. The van der Waals surface area contributed by atoms with E-state index >= 15 is 0 Å². The Morgan fingerprint density at radius 2 is 1.52 bits per heavy atom. The van der Waals surface area contributed by atoms with Gasteiger partial charge in [-0.1, -0.05) is 12.1 Å². The summed E-state index contributed by atoms with van der Waals surface area (Å²) in [4.78, 5) is 24.1. The van der Waals surface area contributed by atoms with Crippen LogP contribution in [0, 0.1) is 0 Å². The number of carbonyl (C=O) groups excluding carboxylic acids is 2. The molecule has 2 N–H and O–H groups in total. The molecular weight excluding hydrogens is 348 g/mol. The maximum Gasteiger partial charge on any atom is 0.233 e. The Bertz CT molecular complexity index is 774. The number of ether oxygens (including phenoxy) is 3. The molecule has 7 nitrogen and oxygen atoms in total. The normalized spacial score (nSPS) is 10.0. The van der Waals surface area contributed by atoms with E-state index in [4.69, 9.17) is 14.2 Å². The minimum absolute atomic E-state index is 0.275. The van der Waals surface area contributed by atoms with Gasteiger partial charge in [0.2, 0.25) is 11.8 Å². The van der Waals surface area contributed by atoms with E-state index < -0.39 is 5.91 Å². The zero-order chi connectivity index (χ0) is 19.6. The molecule has 2 amide bonds. The van der Waals surface area contributed by atoms with Crippen LogP contribution in [-0.2, 0) is 16.0 Å². The Morgan fingerprint density at radius 1 is 0.852 bits per heavy atom. The topological polar surface area (TPSA) is 85.9 Å². The molecule has 0 saturated heterocycles. The Hall–Kier alpha value is -3.22. The molecule has 0 fully saturated rings. The zero-order valence-corrected chi connectivity index (χ0v) is 15.7. The summed E-state index contributed by atoms with van der Waals surface area (Å²) in [5.74, 6) is 1.08. The van der Waals surface area contributed by atoms with Gasteiger partial charge in [0, 0.05) is 12.6 Å². The molecule has 0 aliphatic carbocycles. The lowest BCUT2D eigenvalue weighted by atomic mass is 10.1. The minimum atomic E-state index is -0.427. The van der Waals surface area contributed by atoms with Gasteiger partial charge >= 0.3 is 0 Å². The van der Waals surface area contributed by atoms with Crippen LogP contribution in [0.2, 0.25) is 0 Å². The van der Waals surface area contributed by atoms with E-state index in [9.17, 15) is 9.59 Å². The maximum atomic E-state index is 12.1. The molecule has 0 saturated carbocycles. The Labute approximate surface area is 158 Å². The van der Waals surface area contributed by atoms with Crippen molar-refractivity contribution >= 4 is 17.5 Å². The number of rotatable bonds is 9. The first-order chi connectivity index (χ1) is 13.0. The van der Waals surface area contributed by atoms with Crippen molar-refractivity contribution in [2.24, 2.45) is 0 Å². The smallest absolute Gasteiger partial charge is 0.233 e. The van der Waals surface area contributed by atoms with E-state index in [2.05, 4.69) is 10.6 Å². The van der Waals surface area contributed by atoms with Crippen molar-refractivity contribution in [3.05, 3.63) is 48.0 Å². The third-order valence-electron chi connectivity index (χ3n) is 3.90. The second-order valence-corrected chi connectivity index (χ2v) is 5.74. The van der Waals surface area contributed by atoms with E-state index in [1.807, 2.05) is 24.3 Å². The largest absolute Gasteiger partial charge is 0.497 e. The first-order valence-corrected chi connectivity index (χ1v) is 8.47. The van der Waals surface area contributed by atoms with Crippen molar-refractivity contribution < 1.29 is 23.8 Å². The molecule has 0 atom stereocenters. The highest BCUT2D eigenvalue weighted by Crippen LogP contribution is 2.28. The number of methoxy groups -OCH3 is 3. The van der Waals surface area contributed by atoms with Crippen molar-refractivity contribution in [2.75, 3.05) is 33.2 Å². The highest BCUT2D eigenvalue weighted by atomic mass is 16.5. The van der Waals surface area contributed by atoms with Gasteiger partial charge in [-0.25, -0.2) is 0 Å². The van der Waals surface area contributed by atoms with Gasteiger partial charge in [0.1, 0.15) is 23.7 Å². The first-order valence-electron chi connectivity index (χ1n) is 8.47. The Kier molecular flexibility index (Phi) is 7.49. The van der Waals surface area contributed by atoms with Crippen molar-refractivity contribution in [1.82, 2.24) is 5.32 Å². The minimum Gasteiger partial charge on any atom is -0.497 e. The molecule has 2 aromatic carbocycles. The average Bonchev–Trinajstić information content (AvgIpc) is 2.68. The van der Waals surface area contributed by atoms with Crippen LogP contribution in [0.4, 0.5) is 5.69 Å². The lowest BCUT2D eigenvalue weighted by Gasteiger charge is -2.12. The zero-order valence-electron chi connectivity index (χ0n) is 15.7. The number of hydrogen-bond donors (Lipinski definition) is 2. The summed E-state index contributed by atoms with van der Waals surface area (Å²) in [6, 6.07) is 12.7. The molecule has 2 aromatic rings. The summed E-state index contributed by atoms with van der Waals surface area (Å²) >= 11 is 0. The molecule has 0 bridgehead atoms. The summed E-state index contributed by atoms with van der Waals surface area (Å²) < 4.78 is 15.4. The molecule has 0 unspecified atom stereocenters. The number of carbonyl (C=O) groups is 2. The first kappa shape index (κ1) is 20.1. The van der Waals surface area contributed by atoms with Crippen LogP contribution in [-0.4, -0.2) is 39.7 Å². The van der Waals surface area contributed by atoms with Crippen LogP contribution in [0.3, 0.4) is 0 Å². The fraction of sp³-hybridized carbons (Fsp3) is 0.300. The number of nitrogens with one attached hydrogen (secondary N) is 2. The lowest BCUT2D eigenvalue weighted by Crippen LogP contribution is -2.29. The molecule has 0 radical (unpaired) electrons. The Balaban J connectivity index is 1.80. The van der Waals surface area contributed by atoms with E-state index in [1.54, 1.807) is 25.3 Å². The molecule has 0 heterocycles. The molecule has 2 rings (SSSR count). The molecular formula is C20H24N2O5. The van der Waals surface area contributed by atoms with Gasteiger partial charge in [-0.15, -0.1) is 0 Å². The van der Waals surface area contributed by atoms with Crippen LogP contribution >= 0.6 is 0 Å². The van der Waals surface area contributed by atoms with E-state index in [-0.39, 0.29) is 12.3 Å². The summed E-state index contributed by atoms with van der Waals surface area (Å²) in [6.07, 6.45) is 0.393.